The Morgan fingerprint density at radius 2 is 2.27 bits per heavy atom. The van der Waals surface area contributed by atoms with Gasteiger partial charge in [-0.25, -0.2) is 0 Å². The maximum Gasteiger partial charge on any atom is 0.0434 e. The Balaban J connectivity index is 2.15. The maximum atomic E-state index is 4.34. The van der Waals surface area contributed by atoms with Gasteiger partial charge in [0.15, 0.2) is 0 Å². The van der Waals surface area contributed by atoms with Gasteiger partial charge in [-0.1, -0.05) is 13.0 Å². The van der Waals surface area contributed by atoms with Gasteiger partial charge in [-0.15, -0.1) is 0 Å². The first kappa shape index (κ1) is 6.84. The van der Waals surface area contributed by atoms with Crippen LogP contribution in [-0.2, 0) is 0 Å². The van der Waals surface area contributed by atoms with E-state index in [2.05, 4.69) is 24.0 Å². The van der Waals surface area contributed by atoms with Crippen LogP contribution in [0, 0.1) is 5.92 Å². The molecule has 0 bridgehead atoms. The van der Waals surface area contributed by atoms with Crippen LogP contribution in [0.4, 0.5) is 0 Å². The molecular weight excluding hydrogens is 134 g/mol. The highest BCUT2D eigenvalue weighted by molar-refractivity contribution is 5.11. The lowest BCUT2D eigenvalue weighted by atomic mass is 10.0. The summed E-state index contributed by atoms with van der Waals surface area (Å²) in [7, 11) is 0. The van der Waals surface area contributed by atoms with Crippen molar-refractivity contribution < 1.29 is 0 Å². The third-order valence-corrected chi connectivity index (χ3v) is 2.48. The lowest BCUT2D eigenvalue weighted by Gasteiger charge is -2.07. The zero-order chi connectivity index (χ0) is 7.68. The molecule has 1 heterocycles. The van der Waals surface area contributed by atoms with Crippen molar-refractivity contribution >= 4 is 0 Å². The number of hydrogen-bond acceptors (Lipinski definition) is 1. The Morgan fingerprint density at radius 1 is 1.45 bits per heavy atom. The van der Waals surface area contributed by atoms with Crippen molar-refractivity contribution in [1.82, 2.24) is 4.98 Å². The van der Waals surface area contributed by atoms with E-state index in [0.29, 0.717) is 5.92 Å². The van der Waals surface area contributed by atoms with Crippen molar-refractivity contribution in [3.63, 3.8) is 0 Å². The molecule has 1 aliphatic rings. The molecule has 11 heavy (non-hydrogen) atoms. The summed E-state index contributed by atoms with van der Waals surface area (Å²) >= 11 is 0. The summed E-state index contributed by atoms with van der Waals surface area (Å²) in [5.74, 6) is 1.60. The van der Waals surface area contributed by atoms with Crippen molar-refractivity contribution in [3.05, 3.63) is 30.1 Å². The summed E-state index contributed by atoms with van der Waals surface area (Å²) < 4.78 is 0. The summed E-state index contributed by atoms with van der Waals surface area (Å²) in [6.07, 6.45) is 4.68. The Morgan fingerprint density at radius 3 is 2.82 bits per heavy atom. The second-order valence-electron chi connectivity index (χ2n) is 3.38. The Kier molecular flexibility index (Phi) is 1.65. The van der Waals surface area contributed by atoms with Crippen molar-refractivity contribution in [3.8, 4) is 0 Å². The molecule has 1 saturated carbocycles. The van der Waals surface area contributed by atoms with Crippen molar-refractivity contribution in [2.75, 3.05) is 0 Å². The van der Waals surface area contributed by atoms with Gasteiger partial charge in [0.25, 0.3) is 0 Å². The monoisotopic (exact) mass is 147 g/mol. The molecule has 0 saturated heterocycles. The SMILES string of the molecule is C[C@@H](c1ccccn1)C1CC1. The molecule has 1 aromatic heterocycles. The van der Waals surface area contributed by atoms with Crippen molar-refractivity contribution in [2.45, 2.75) is 25.7 Å². The minimum Gasteiger partial charge on any atom is -0.261 e. The minimum atomic E-state index is 0.677. The third-order valence-electron chi connectivity index (χ3n) is 2.48. The molecule has 0 amide bonds. The largest absolute Gasteiger partial charge is 0.261 e. The fraction of sp³-hybridized carbons (Fsp3) is 0.500. The molecule has 0 unspecified atom stereocenters. The molecule has 1 aromatic rings. The summed E-state index contributed by atoms with van der Waals surface area (Å²) in [6, 6.07) is 6.17. The lowest BCUT2D eigenvalue weighted by Crippen LogP contribution is -1.97. The number of rotatable bonds is 2. The van der Waals surface area contributed by atoms with Crippen LogP contribution in [0.15, 0.2) is 24.4 Å². The summed E-state index contributed by atoms with van der Waals surface area (Å²) in [5.41, 5.74) is 1.26. The van der Waals surface area contributed by atoms with E-state index in [9.17, 15) is 0 Å². The van der Waals surface area contributed by atoms with Crippen LogP contribution in [0.1, 0.15) is 31.4 Å². The van der Waals surface area contributed by atoms with Gasteiger partial charge in [-0.05, 0) is 30.9 Å². The predicted molar refractivity (Wildman–Crippen MR) is 45.4 cm³/mol. The fourth-order valence-electron chi connectivity index (χ4n) is 1.48. The van der Waals surface area contributed by atoms with Crippen molar-refractivity contribution in [2.24, 2.45) is 5.92 Å². The molecule has 0 aromatic carbocycles. The van der Waals surface area contributed by atoms with Gasteiger partial charge >= 0.3 is 0 Å². The zero-order valence-corrected chi connectivity index (χ0v) is 6.83. The highest BCUT2D eigenvalue weighted by Gasteiger charge is 2.29. The van der Waals surface area contributed by atoms with Crippen LogP contribution in [0.2, 0.25) is 0 Å². The van der Waals surface area contributed by atoms with E-state index in [4.69, 9.17) is 0 Å². The average molecular weight is 147 g/mol. The predicted octanol–water partition coefficient (Wildman–Crippen LogP) is 2.60. The van der Waals surface area contributed by atoms with Gasteiger partial charge < -0.3 is 0 Å². The van der Waals surface area contributed by atoms with E-state index in [1.54, 1.807) is 0 Å². The molecular formula is C10H13N. The van der Waals surface area contributed by atoms with E-state index in [1.165, 1.54) is 18.5 Å². The Labute approximate surface area is 67.5 Å². The van der Waals surface area contributed by atoms with E-state index >= 15 is 0 Å². The number of nitrogens with zero attached hydrogens (tertiary/aromatic N) is 1. The third kappa shape index (κ3) is 1.42. The van der Waals surface area contributed by atoms with Crippen LogP contribution in [0.5, 0.6) is 0 Å². The first-order chi connectivity index (χ1) is 5.38. The van der Waals surface area contributed by atoms with Crippen molar-refractivity contribution in [1.29, 1.82) is 0 Å². The van der Waals surface area contributed by atoms with Crippen LogP contribution in [-0.4, -0.2) is 4.98 Å². The van der Waals surface area contributed by atoms with E-state index < -0.39 is 0 Å². The van der Waals surface area contributed by atoms with E-state index in [1.807, 2.05) is 12.3 Å². The summed E-state index contributed by atoms with van der Waals surface area (Å²) in [6.45, 7) is 2.28. The van der Waals surface area contributed by atoms with Gasteiger partial charge in [0, 0.05) is 17.8 Å². The molecule has 0 aliphatic heterocycles. The number of pyridine rings is 1. The molecule has 0 radical (unpaired) electrons. The highest BCUT2D eigenvalue weighted by Crippen LogP contribution is 2.41. The average Bonchev–Trinajstić information content (AvgIpc) is 2.87. The van der Waals surface area contributed by atoms with Crippen LogP contribution in [0.3, 0.4) is 0 Å². The summed E-state index contributed by atoms with van der Waals surface area (Å²) in [4.78, 5) is 4.34. The van der Waals surface area contributed by atoms with E-state index in [0.717, 1.165) is 5.92 Å². The summed E-state index contributed by atoms with van der Waals surface area (Å²) in [5, 5.41) is 0. The zero-order valence-electron chi connectivity index (χ0n) is 6.83. The Hall–Kier alpha value is -0.850. The normalized spacial score (nSPS) is 19.7. The molecule has 58 valence electrons. The number of hydrogen-bond donors (Lipinski definition) is 0. The number of aromatic nitrogens is 1. The van der Waals surface area contributed by atoms with Crippen LogP contribution >= 0.6 is 0 Å². The molecule has 0 N–H and O–H groups in total. The van der Waals surface area contributed by atoms with Crippen LogP contribution in [0.25, 0.3) is 0 Å². The first-order valence-corrected chi connectivity index (χ1v) is 4.29. The van der Waals surface area contributed by atoms with Crippen LogP contribution < -0.4 is 0 Å². The first-order valence-electron chi connectivity index (χ1n) is 4.29. The lowest BCUT2D eigenvalue weighted by molar-refractivity contribution is 0.644. The van der Waals surface area contributed by atoms with Gasteiger partial charge in [0.2, 0.25) is 0 Å². The van der Waals surface area contributed by atoms with Gasteiger partial charge in [0.1, 0.15) is 0 Å². The molecule has 2 rings (SSSR count). The minimum absolute atomic E-state index is 0.677. The smallest absolute Gasteiger partial charge is 0.0434 e. The van der Waals surface area contributed by atoms with Gasteiger partial charge in [0.05, 0.1) is 0 Å². The fourth-order valence-corrected chi connectivity index (χ4v) is 1.48. The standard InChI is InChI=1S/C10H13N/c1-8(9-5-6-9)10-4-2-3-7-11-10/h2-4,7-9H,5-6H2,1H3/t8-/m1/s1. The highest BCUT2D eigenvalue weighted by atomic mass is 14.7. The Bertz CT molecular complexity index is 226. The van der Waals surface area contributed by atoms with Gasteiger partial charge in [-0.3, -0.25) is 4.98 Å². The molecule has 1 aliphatic carbocycles. The van der Waals surface area contributed by atoms with Gasteiger partial charge in [-0.2, -0.15) is 0 Å². The van der Waals surface area contributed by atoms with E-state index in [-0.39, 0.29) is 0 Å². The molecule has 0 spiro atoms. The molecule has 1 nitrogen and oxygen atoms in total. The molecule has 1 fully saturated rings. The molecule has 1 atom stereocenters. The maximum absolute atomic E-state index is 4.34. The molecule has 1 heteroatoms. The topological polar surface area (TPSA) is 12.9 Å². The quantitative estimate of drug-likeness (QED) is 0.626. The second kappa shape index (κ2) is 2.65. The second-order valence-corrected chi connectivity index (χ2v) is 3.38.